The Morgan fingerprint density at radius 2 is 2.00 bits per heavy atom. The average Bonchev–Trinajstić information content (AvgIpc) is 2.30. The third kappa shape index (κ3) is 3.31. The van der Waals surface area contributed by atoms with Crippen LogP contribution in [0.3, 0.4) is 0 Å². The molecule has 0 saturated carbocycles. The molecule has 1 aliphatic heterocycles. The van der Waals surface area contributed by atoms with Gasteiger partial charge in [0, 0.05) is 12.4 Å². The smallest absolute Gasteiger partial charge is 0.0270 e. The maximum absolute atomic E-state index is 4.02. The zero-order valence-corrected chi connectivity index (χ0v) is 9.39. The minimum absolute atomic E-state index is 0.884. The predicted octanol–water partition coefficient (Wildman–Crippen LogP) is 2.37. The summed E-state index contributed by atoms with van der Waals surface area (Å²) in [5, 5.41) is 0. The molecule has 0 bridgehead atoms. The first-order valence-electron chi connectivity index (χ1n) is 5.76. The van der Waals surface area contributed by atoms with Crippen LogP contribution in [0.25, 0.3) is 0 Å². The molecular formula is C13H19N2. The Bertz CT molecular complexity index is 276. The van der Waals surface area contributed by atoms with Crippen molar-refractivity contribution in [3.8, 4) is 0 Å². The zero-order chi connectivity index (χ0) is 10.5. The molecule has 0 unspecified atom stereocenters. The maximum atomic E-state index is 4.02. The summed E-state index contributed by atoms with van der Waals surface area (Å²) in [6, 6.07) is 4.16. The van der Waals surface area contributed by atoms with Gasteiger partial charge in [-0.2, -0.15) is 0 Å². The van der Waals surface area contributed by atoms with E-state index in [-0.39, 0.29) is 0 Å². The number of pyridine rings is 1. The van der Waals surface area contributed by atoms with Crippen LogP contribution in [-0.2, 0) is 0 Å². The second-order valence-electron chi connectivity index (χ2n) is 4.47. The highest BCUT2D eigenvalue weighted by molar-refractivity contribution is 5.19. The van der Waals surface area contributed by atoms with Crippen molar-refractivity contribution >= 4 is 0 Å². The molecule has 2 rings (SSSR count). The molecule has 0 atom stereocenters. The van der Waals surface area contributed by atoms with Gasteiger partial charge in [-0.15, -0.1) is 0 Å². The van der Waals surface area contributed by atoms with E-state index in [1.165, 1.54) is 37.9 Å². The summed E-state index contributed by atoms with van der Waals surface area (Å²) >= 11 is 0. The van der Waals surface area contributed by atoms with Crippen molar-refractivity contribution in [3.63, 3.8) is 0 Å². The van der Waals surface area contributed by atoms with Gasteiger partial charge in [-0.3, -0.25) is 4.98 Å². The van der Waals surface area contributed by atoms with Crippen molar-refractivity contribution in [1.82, 2.24) is 9.88 Å². The van der Waals surface area contributed by atoms with Gasteiger partial charge in [0.2, 0.25) is 0 Å². The first kappa shape index (κ1) is 10.6. The molecule has 2 heterocycles. The topological polar surface area (TPSA) is 16.1 Å². The van der Waals surface area contributed by atoms with Crippen LogP contribution < -0.4 is 0 Å². The van der Waals surface area contributed by atoms with Gasteiger partial charge in [0.15, 0.2) is 0 Å². The minimum Gasteiger partial charge on any atom is -0.306 e. The molecule has 81 valence electrons. The summed E-state index contributed by atoms with van der Waals surface area (Å²) in [6.45, 7) is 2.52. The lowest BCUT2D eigenvalue weighted by atomic mass is 9.91. The first-order chi connectivity index (χ1) is 7.34. The Labute approximate surface area is 92.3 Å². The summed E-state index contributed by atoms with van der Waals surface area (Å²) in [4.78, 5) is 6.44. The van der Waals surface area contributed by atoms with Gasteiger partial charge in [-0.05, 0) is 69.4 Å². The Hall–Kier alpha value is -0.890. The van der Waals surface area contributed by atoms with Crippen molar-refractivity contribution in [2.24, 2.45) is 5.92 Å². The van der Waals surface area contributed by atoms with Crippen molar-refractivity contribution < 1.29 is 0 Å². The van der Waals surface area contributed by atoms with E-state index < -0.39 is 0 Å². The summed E-state index contributed by atoms with van der Waals surface area (Å²) in [5.74, 6) is 0.884. The molecular weight excluding hydrogens is 184 g/mol. The number of hydrogen-bond acceptors (Lipinski definition) is 2. The summed E-state index contributed by atoms with van der Waals surface area (Å²) < 4.78 is 0. The second kappa shape index (κ2) is 5.26. The number of aromatic nitrogens is 1. The quantitative estimate of drug-likeness (QED) is 0.749. The highest BCUT2D eigenvalue weighted by atomic mass is 15.1. The fourth-order valence-electron chi connectivity index (χ4n) is 2.10. The third-order valence-electron chi connectivity index (χ3n) is 3.23. The van der Waals surface area contributed by atoms with Crippen LogP contribution in [0.1, 0.15) is 24.8 Å². The van der Waals surface area contributed by atoms with Gasteiger partial charge >= 0.3 is 0 Å². The molecule has 1 radical (unpaired) electrons. The van der Waals surface area contributed by atoms with E-state index >= 15 is 0 Å². The molecule has 1 aromatic heterocycles. The Kier molecular flexibility index (Phi) is 3.73. The zero-order valence-electron chi connectivity index (χ0n) is 9.39. The SMILES string of the molecule is CN1CCC(C[CH]c2ccncc2)CC1. The standard InChI is InChI=1S/C13H19N2/c1-15-10-6-13(7-11-15)3-2-12-4-8-14-9-5-12/h2,4-5,8-9,13H,3,6-7,10-11H2,1H3. The lowest BCUT2D eigenvalue weighted by Crippen LogP contribution is -2.30. The largest absolute Gasteiger partial charge is 0.306 e. The van der Waals surface area contributed by atoms with Gasteiger partial charge in [-0.25, -0.2) is 0 Å². The molecule has 1 aliphatic rings. The fraction of sp³-hybridized carbons (Fsp3) is 0.538. The summed E-state index contributed by atoms with van der Waals surface area (Å²) in [6.07, 6.45) is 9.98. The number of likely N-dealkylation sites (tertiary alicyclic amines) is 1. The van der Waals surface area contributed by atoms with Crippen LogP contribution in [-0.4, -0.2) is 30.0 Å². The van der Waals surface area contributed by atoms with Gasteiger partial charge in [-0.1, -0.05) is 0 Å². The molecule has 15 heavy (non-hydrogen) atoms. The molecule has 1 saturated heterocycles. The molecule has 0 aromatic carbocycles. The predicted molar refractivity (Wildman–Crippen MR) is 62.5 cm³/mol. The average molecular weight is 203 g/mol. The van der Waals surface area contributed by atoms with Gasteiger partial charge in [0.1, 0.15) is 0 Å². The highest BCUT2D eigenvalue weighted by Gasteiger charge is 2.16. The van der Waals surface area contributed by atoms with Crippen molar-refractivity contribution in [1.29, 1.82) is 0 Å². The Balaban J connectivity index is 1.74. The third-order valence-corrected chi connectivity index (χ3v) is 3.23. The lowest BCUT2D eigenvalue weighted by molar-refractivity contribution is 0.219. The van der Waals surface area contributed by atoms with Crippen LogP contribution in [0.2, 0.25) is 0 Å². The molecule has 0 spiro atoms. The number of piperidine rings is 1. The second-order valence-corrected chi connectivity index (χ2v) is 4.47. The van der Waals surface area contributed by atoms with E-state index in [1.54, 1.807) is 0 Å². The van der Waals surface area contributed by atoms with E-state index in [0.717, 1.165) is 5.92 Å². The number of nitrogens with zero attached hydrogens (tertiary/aromatic N) is 2. The normalized spacial score (nSPS) is 19.3. The van der Waals surface area contributed by atoms with E-state index in [1.807, 2.05) is 12.4 Å². The number of rotatable bonds is 3. The highest BCUT2D eigenvalue weighted by Crippen LogP contribution is 2.22. The van der Waals surface area contributed by atoms with Crippen LogP contribution >= 0.6 is 0 Å². The van der Waals surface area contributed by atoms with E-state index in [0.29, 0.717) is 0 Å². The van der Waals surface area contributed by atoms with E-state index in [2.05, 4.69) is 35.5 Å². The number of hydrogen-bond donors (Lipinski definition) is 0. The lowest BCUT2D eigenvalue weighted by Gasteiger charge is -2.28. The van der Waals surface area contributed by atoms with Crippen LogP contribution in [0.4, 0.5) is 0 Å². The molecule has 2 heteroatoms. The Morgan fingerprint density at radius 1 is 1.33 bits per heavy atom. The first-order valence-corrected chi connectivity index (χ1v) is 5.76. The summed E-state index contributed by atoms with van der Waals surface area (Å²) in [5.41, 5.74) is 1.31. The van der Waals surface area contributed by atoms with E-state index in [9.17, 15) is 0 Å². The molecule has 0 amide bonds. The van der Waals surface area contributed by atoms with Gasteiger partial charge in [0.25, 0.3) is 0 Å². The van der Waals surface area contributed by atoms with Crippen LogP contribution in [0.15, 0.2) is 24.5 Å². The van der Waals surface area contributed by atoms with Crippen molar-refractivity contribution in [2.45, 2.75) is 19.3 Å². The van der Waals surface area contributed by atoms with Crippen LogP contribution in [0.5, 0.6) is 0 Å². The fourth-order valence-corrected chi connectivity index (χ4v) is 2.10. The van der Waals surface area contributed by atoms with Crippen LogP contribution in [0, 0.1) is 12.3 Å². The Morgan fingerprint density at radius 3 is 2.67 bits per heavy atom. The van der Waals surface area contributed by atoms with Crippen molar-refractivity contribution in [3.05, 3.63) is 36.5 Å². The van der Waals surface area contributed by atoms with E-state index in [4.69, 9.17) is 0 Å². The molecule has 2 nitrogen and oxygen atoms in total. The molecule has 1 fully saturated rings. The van der Waals surface area contributed by atoms with Gasteiger partial charge < -0.3 is 4.90 Å². The summed E-state index contributed by atoms with van der Waals surface area (Å²) in [7, 11) is 2.21. The molecule has 0 N–H and O–H groups in total. The van der Waals surface area contributed by atoms with Gasteiger partial charge in [0.05, 0.1) is 0 Å². The maximum Gasteiger partial charge on any atom is 0.0270 e. The molecule has 0 aliphatic carbocycles. The molecule has 1 aromatic rings. The van der Waals surface area contributed by atoms with Crippen molar-refractivity contribution in [2.75, 3.05) is 20.1 Å². The monoisotopic (exact) mass is 203 g/mol. The minimum atomic E-state index is 0.884.